The van der Waals surface area contributed by atoms with Crippen LogP contribution >= 0.6 is 0 Å². The monoisotopic (exact) mass is 312 g/mol. The fraction of sp³-hybridized carbons (Fsp3) is 0.316. The topological polar surface area (TPSA) is 55.8 Å². The summed E-state index contributed by atoms with van der Waals surface area (Å²) in [7, 11) is 0. The second-order valence-electron chi connectivity index (χ2n) is 6.04. The number of carbonyl (C=O) groups is 1. The zero-order valence-corrected chi connectivity index (χ0v) is 13.1. The summed E-state index contributed by atoms with van der Waals surface area (Å²) in [6.45, 7) is 4.39. The maximum Gasteiger partial charge on any atom is 0.335 e. The second-order valence-corrected chi connectivity index (χ2v) is 6.04. The highest BCUT2D eigenvalue weighted by molar-refractivity contribution is 5.88. The van der Waals surface area contributed by atoms with Crippen molar-refractivity contribution in [3.05, 3.63) is 54.1 Å². The molecular weight excluding hydrogens is 292 g/mol. The lowest BCUT2D eigenvalue weighted by molar-refractivity contribution is -0.133. The number of carboxylic acid groups (broad SMARTS) is 1. The van der Waals surface area contributed by atoms with Crippen molar-refractivity contribution in [1.82, 2.24) is 0 Å². The fourth-order valence-corrected chi connectivity index (χ4v) is 2.57. The molecule has 1 saturated heterocycles. The van der Waals surface area contributed by atoms with E-state index in [9.17, 15) is 4.79 Å². The summed E-state index contributed by atoms with van der Waals surface area (Å²) in [4.78, 5) is 10.9. The summed E-state index contributed by atoms with van der Waals surface area (Å²) < 4.78 is 11.2. The van der Waals surface area contributed by atoms with Crippen LogP contribution in [0, 0.1) is 5.41 Å². The number of carboxylic acids is 1. The molecule has 0 spiro atoms. The summed E-state index contributed by atoms with van der Waals surface area (Å²) in [6.07, 6.45) is 1.06. The number of hydrogen-bond donors (Lipinski definition) is 1. The zero-order valence-electron chi connectivity index (χ0n) is 13.1. The third kappa shape index (κ3) is 3.37. The number of benzene rings is 2. The lowest BCUT2D eigenvalue weighted by Crippen LogP contribution is -2.46. The Morgan fingerprint density at radius 3 is 2.09 bits per heavy atom. The maximum absolute atomic E-state index is 10.9. The first kappa shape index (κ1) is 15.6. The van der Waals surface area contributed by atoms with Crippen LogP contribution in [0.3, 0.4) is 0 Å². The van der Waals surface area contributed by atoms with Crippen molar-refractivity contribution in [2.24, 2.45) is 5.41 Å². The van der Waals surface area contributed by atoms with E-state index >= 15 is 0 Å². The second kappa shape index (κ2) is 6.42. The van der Waals surface area contributed by atoms with Gasteiger partial charge in [0, 0.05) is 0 Å². The predicted octanol–water partition coefficient (Wildman–Crippen LogP) is 3.86. The van der Waals surface area contributed by atoms with E-state index in [1.165, 1.54) is 0 Å². The van der Waals surface area contributed by atoms with Crippen molar-refractivity contribution in [2.45, 2.75) is 13.3 Å². The Morgan fingerprint density at radius 1 is 1.09 bits per heavy atom. The van der Waals surface area contributed by atoms with Crippen LogP contribution in [0.4, 0.5) is 0 Å². The first-order chi connectivity index (χ1) is 11.1. The molecule has 4 heteroatoms. The molecule has 0 atom stereocenters. The fourth-order valence-electron chi connectivity index (χ4n) is 2.57. The lowest BCUT2D eigenvalue weighted by Gasteiger charge is -2.40. The van der Waals surface area contributed by atoms with Crippen molar-refractivity contribution in [3.8, 4) is 16.9 Å². The Hall–Kier alpha value is -2.33. The van der Waals surface area contributed by atoms with Gasteiger partial charge in [-0.3, -0.25) is 0 Å². The third-order valence-electron chi connectivity index (χ3n) is 4.43. The molecule has 1 fully saturated rings. The van der Waals surface area contributed by atoms with Gasteiger partial charge in [0.25, 0.3) is 0 Å². The smallest absolute Gasteiger partial charge is 0.335 e. The van der Waals surface area contributed by atoms with Gasteiger partial charge < -0.3 is 14.6 Å². The molecule has 2 aromatic carbocycles. The standard InChI is InChI=1S/C19H20O4/c1-2-19(11-22-12-19)13-23-17-9-7-15(8-10-17)14-3-5-16(6-4-14)18(20)21/h3-10H,2,11-13H2,1H3,(H,20,21). The SMILES string of the molecule is CCC1(COc2ccc(-c3ccc(C(=O)O)cc3)cc2)COC1. The minimum absolute atomic E-state index is 0.172. The molecule has 4 nitrogen and oxygen atoms in total. The molecule has 1 N–H and O–H groups in total. The van der Waals surface area contributed by atoms with Crippen LogP contribution in [-0.4, -0.2) is 30.9 Å². The van der Waals surface area contributed by atoms with Gasteiger partial charge in [-0.05, 0) is 41.8 Å². The van der Waals surface area contributed by atoms with Crippen LogP contribution in [0.15, 0.2) is 48.5 Å². The highest BCUT2D eigenvalue weighted by Crippen LogP contribution is 2.32. The van der Waals surface area contributed by atoms with Crippen LogP contribution in [0.1, 0.15) is 23.7 Å². The summed E-state index contributed by atoms with van der Waals surface area (Å²) >= 11 is 0. The molecule has 1 aliphatic rings. The zero-order chi connectivity index (χ0) is 16.3. The quantitative estimate of drug-likeness (QED) is 0.880. The highest BCUT2D eigenvalue weighted by Gasteiger charge is 2.37. The Balaban J connectivity index is 1.65. The molecule has 0 unspecified atom stereocenters. The van der Waals surface area contributed by atoms with E-state index in [1.807, 2.05) is 36.4 Å². The lowest BCUT2D eigenvalue weighted by atomic mass is 9.84. The highest BCUT2D eigenvalue weighted by atomic mass is 16.5. The van der Waals surface area contributed by atoms with Gasteiger partial charge in [0.2, 0.25) is 0 Å². The van der Waals surface area contributed by atoms with E-state index in [0.29, 0.717) is 12.2 Å². The first-order valence-electron chi connectivity index (χ1n) is 7.76. The van der Waals surface area contributed by atoms with E-state index in [1.54, 1.807) is 12.1 Å². The Kier molecular flexibility index (Phi) is 4.35. The predicted molar refractivity (Wildman–Crippen MR) is 87.9 cm³/mol. The summed E-state index contributed by atoms with van der Waals surface area (Å²) in [5.41, 5.74) is 2.48. The molecule has 0 aromatic heterocycles. The van der Waals surface area contributed by atoms with Gasteiger partial charge >= 0.3 is 5.97 Å². The van der Waals surface area contributed by atoms with E-state index in [-0.39, 0.29) is 5.41 Å². The summed E-state index contributed by atoms with van der Waals surface area (Å²) in [5.74, 6) is -0.0687. The number of aromatic carboxylic acids is 1. The van der Waals surface area contributed by atoms with Crippen molar-refractivity contribution in [3.63, 3.8) is 0 Å². The van der Waals surface area contributed by atoms with Crippen LogP contribution in [0.25, 0.3) is 11.1 Å². The van der Waals surface area contributed by atoms with Gasteiger partial charge in [0.05, 0.1) is 30.8 Å². The molecule has 1 aliphatic heterocycles. The molecule has 23 heavy (non-hydrogen) atoms. The van der Waals surface area contributed by atoms with Gasteiger partial charge in [-0.2, -0.15) is 0 Å². The number of hydrogen-bond acceptors (Lipinski definition) is 3. The molecule has 3 rings (SSSR count). The maximum atomic E-state index is 10.9. The van der Waals surface area contributed by atoms with Crippen LogP contribution < -0.4 is 4.74 Å². The largest absolute Gasteiger partial charge is 0.493 e. The van der Waals surface area contributed by atoms with Crippen molar-refractivity contribution in [2.75, 3.05) is 19.8 Å². The van der Waals surface area contributed by atoms with Crippen molar-refractivity contribution < 1.29 is 19.4 Å². The van der Waals surface area contributed by atoms with E-state index in [2.05, 4.69) is 6.92 Å². The average Bonchev–Trinajstić information content (AvgIpc) is 2.55. The van der Waals surface area contributed by atoms with Crippen molar-refractivity contribution >= 4 is 5.97 Å². The van der Waals surface area contributed by atoms with Gasteiger partial charge in [-0.25, -0.2) is 4.79 Å². The number of rotatable bonds is 6. The molecule has 1 heterocycles. The van der Waals surface area contributed by atoms with E-state index in [4.69, 9.17) is 14.6 Å². The molecule has 0 bridgehead atoms. The molecule has 0 amide bonds. The molecule has 2 aromatic rings. The third-order valence-corrected chi connectivity index (χ3v) is 4.43. The summed E-state index contributed by atoms with van der Waals surface area (Å²) in [6, 6.07) is 14.7. The van der Waals surface area contributed by atoms with E-state index in [0.717, 1.165) is 36.5 Å². The molecule has 0 radical (unpaired) electrons. The molecule has 0 saturated carbocycles. The Morgan fingerprint density at radius 2 is 1.65 bits per heavy atom. The number of ether oxygens (including phenoxy) is 2. The van der Waals surface area contributed by atoms with Crippen LogP contribution in [0.2, 0.25) is 0 Å². The van der Waals surface area contributed by atoms with Gasteiger partial charge in [-0.1, -0.05) is 31.2 Å². The van der Waals surface area contributed by atoms with Crippen LogP contribution in [-0.2, 0) is 4.74 Å². The molecule has 120 valence electrons. The minimum atomic E-state index is -0.912. The van der Waals surface area contributed by atoms with Gasteiger partial charge in [0.15, 0.2) is 0 Å². The normalized spacial score (nSPS) is 15.7. The first-order valence-corrected chi connectivity index (χ1v) is 7.76. The van der Waals surface area contributed by atoms with Crippen LogP contribution in [0.5, 0.6) is 5.75 Å². The van der Waals surface area contributed by atoms with Crippen molar-refractivity contribution in [1.29, 1.82) is 0 Å². The molecule has 0 aliphatic carbocycles. The Labute approximate surface area is 135 Å². The Bertz CT molecular complexity index is 664. The molecular formula is C19H20O4. The van der Waals surface area contributed by atoms with Gasteiger partial charge in [-0.15, -0.1) is 0 Å². The average molecular weight is 312 g/mol. The van der Waals surface area contributed by atoms with E-state index < -0.39 is 5.97 Å². The minimum Gasteiger partial charge on any atom is -0.493 e. The van der Waals surface area contributed by atoms with Gasteiger partial charge in [0.1, 0.15) is 5.75 Å². The summed E-state index contributed by atoms with van der Waals surface area (Å²) in [5, 5.41) is 8.93.